The molecule has 0 aliphatic carbocycles. The van der Waals surface area contributed by atoms with Gasteiger partial charge in [-0.15, -0.1) is 0 Å². The number of nitrogens with zero attached hydrogens (tertiary/aromatic N) is 1. The van der Waals surface area contributed by atoms with E-state index in [1.165, 1.54) is 0 Å². The molecule has 6 nitrogen and oxygen atoms in total. The van der Waals surface area contributed by atoms with Gasteiger partial charge < -0.3 is 21.3 Å². The molecule has 21 heavy (non-hydrogen) atoms. The highest BCUT2D eigenvalue weighted by molar-refractivity contribution is 5.96. The molecule has 3 amide bonds. The van der Waals surface area contributed by atoms with Crippen molar-refractivity contribution < 1.29 is 9.59 Å². The summed E-state index contributed by atoms with van der Waals surface area (Å²) in [6.45, 7) is 6.31. The van der Waals surface area contributed by atoms with E-state index in [4.69, 9.17) is 5.73 Å². The molecule has 1 aromatic rings. The summed E-state index contributed by atoms with van der Waals surface area (Å²) in [5.41, 5.74) is 6.61. The van der Waals surface area contributed by atoms with Crippen molar-refractivity contribution >= 4 is 17.6 Å². The van der Waals surface area contributed by atoms with Gasteiger partial charge >= 0.3 is 6.03 Å². The number of nitrogens with two attached hydrogens (primary N) is 1. The Bertz CT molecular complexity index is 554. The first-order valence-electron chi connectivity index (χ1n) is 7.05. The topological polar surface area (TPSA) is 87.5 Å². The number of piperazine rings is 1. The van der Waals surface area contributed by atoms with E-state index < -0.39 is 5.54 Å². The summed E-state index contributed by atoms with van der Waals surface area (Å²) in [6, 6.07) is 7.04. The van der Waals surface area contributed by atoms with E-state index in [2.05, 4.69) is 10.6 Å². The van der Waals surface area contributed by atoms with Gasteiger partial charge in [-0.25, -0.2) is 4.79 Å². The first-order chi connectivity index (χ1) is 9.82. The van der Waals surface area contributed by atoms with Crippen LogP contribution in [0, 0.1) is 0 Å². The van der Waals surface area contributed by atoms with Gasteiger partial charge in [-0.2, -0.15) is 0 Å². The third-order valence-electron chi connectivity index (χ3n) is 3.76. The Morgan fingerprint density at radius 2 is 2.19 bits per heavy atom. The summed E-state index contributed by atoms with van der Waals surface area (Å²) in [7, 11) is 0. The van der Waals surface area contributed by atoms with Crippen LogP contribution in [0.4, 0.5) is 10.5 Å². The number of amides is 3. The molecule has 2 rings (SSSR count). The predicted molar refractivity (Wildman–Crippen MR) is 81.9 cm³/mol. The van der Waals surface area contributed by atoms with E-state index in [0.717, 1.165) is 5.56 Å². The average molecular weight is 290 g/mol. The fourth-order valence-electron chi connectivity index (χ4n) is 2.35. The standard InChI is InChI=1S/C15H22N4O2/c1-10(16)11-5-4-6-12(9-11)18-14(21)19-8-7-17-13(20)15(19,2)3/h4-6,9-10H,7-8,16H2,1-3H3,(H,17,20)(H,18,21). The van der Waals surface area contributed by atoms with Crippen LogP contribution in [0.3, 0.4) is 0 Å². The molecule has 1 fully saturated rings. The quantitative estimate of drug-likeness (QED) is 0.770. The second-order valence-corrected chi connectivity index (χ2v) is 5.81. The van der Waals surface area contributed by atoms with Crippen molar-refractivity contribution in [1.29, 1.82) is 0 Å². The van der Waals surface area contributed by atoms with Crippen LogP contribution in [-0.2, 0) is 4.79 Å². The van der Waals surface area contributed by atoms with Crippen molar-refractivity contribution in [3.8, 4) is 0 Å². The summed E-state index contributed by atoms with van der Waals surface area (Å²) < 4.78 is 0. The molecule has 1 aliphatic rings. The second-order valence-electron chi connectivity index (χ2n) is 5.81. The molecule has 1 aromatic carbocycles. The number of anilines is 1. The largest absolute Gasteiger partial charge is 0.352 e. The van der Waals surface area contributed by atoms with Gasteiger partial charge in [-0.05, 0) is 38.5 Å². The lowest BCUT2D eigenvalue weighted by Crippen LogP contribution is -2.64. The lowest BCUT2D eigenvalue weighted by Gasteiger charge is -2.40. The Kier molecular flexibility index (Phi) is 4.18. The van der Waals surface area contributed by atoms with Crippen LogP contribution >= 0.6 is 0 Å². The zero-order chi connectivity index (χ0) is 15.6. The fraction of sp³-hybridized carbons (Fsp3) is 0.467. The first kappa shape index (κ1) is 15.3. The molecule has 1 heterocycles. The van der Waals surface area contributed by atoms with Crippen LogP contribution in [0.1, 0.15) is 32.4 Å². The van der Waals surface area contributed by atoms with Gasteiger partial charge in [0.05, 0.1) is 0 Å². The molecule has 4 N–H and O–H groups in total. The van der Waals surface area contributed by atoms with Gasteiger partial charge in [0.2, 0.25) is 5.91 Å². The minimum atomic E-state index is -0.860. The molecule has 1 aliphatic heterocycles. The van der Waals surface area contributed by atoms with Crippen molar-refractivity contribution in [2.45, 2.75) is 32.4 Å². The van der Waals surface area contributed by atoms with E-state index in [9.17, 15) is 9.59 Å². The Morgan fingerprint density at radius 1 is 1.48 bits per heavy atom. The molecule has 0 saturated carbocycles. The Labute approximate surface area is 124 Å². The smallest absolute Gasteiger partial charge is 0.322 e. The summed E-state index contributed by atoms with van der Waals surface area (Å²) in [6.07, 6.45) is 0. The number of urea groups is 1. The number of benzene rings is 1. The molecular weight excluding hydrogens is 268 g/mol. The van der Waals surface area contributed by atoms with Crippen molar-refractivity contribution in [2.24, 2.45) is 5.73 Å². The second kappa shape index (κ2) is 5.73. The highest BCUT2D eigenvalue weighted by Crippen LogP contribution is 2.20. The molecule has 0 bridgehead atoms. The number of hydrogen-bond acceptors (Lipinski definition) is 3. The third-order valence-corrected chi connectivity index (χ3v) is 3.76. The summed E-state index contributed by atoms with van der Waals surface area (Å²) in [4.78, 5) is 25.8. The highest BCUT2D eigenvalue weighted by atomic mass is 16.2. The lowest BCUT2D eigenvalue weighted by molar-refractivity contribution is -0.132. The van der Waals surface area contributed by atoms with Crippen LogP contribution in [0.2, 0.25) is 0 Å². The van der Waals surface area contributed by atoms with Crippen LogP contribution in [0.25, 0.3) is 0 Å². The van der Waals surface area contributed by atoms with Gasteiger partial charge in [-0.3, -0.25) is 4.79 Å². The van der Waals surface area contributed by atoms with Gasteiger partial charge in [0, 0.05) is 24.8 Å². The first-order valence-corrected chi connectivity index (χ1v) is 7.05. The monoisotopic (exact) mass is 290 g/mol. The van der Waals surface area contributed by atoms with Crippen molar-refractivity contribution in [1.82, 2.24) is 10.2 Å². The van der Waals surface area contributed by atoms with Crippen molar-refractivity contribution in [3.05, 3.63) is 29.8 Å². The third kappa shape index (κ3) is 3.16. The molecule has 6 heteroatoms. The molecule has 1 saturated heterocycles. The zero-order valence-corrected chi connectivity index (χ0v) is 12.6. The highest BCUT2D eigenvalue weighted by Gasteiger charge is 2.40. The number of hydrogen-bond donors (Lipinski definition) is 3. The summed E-state index contributed by atoms with van der Waals surface area (Å²) >= 11 is 0. The van der Waals surface area contributed by atoms with Gasteiger partial charge in [0.15, 0.2) is 0 Å². The molecule has 1 atom stereocenters. The maximum absolute atomic E-state index is 12.4. The van der Waals surface area contributed by atoms with Crippen LogP contribution in [-0.4, -0.2) is 35.5 Å². The number of rotatable bonds is 2. The maximum Gasteiger partial charge on any atom is 0.322 e. The lowest BCUT2D eigenvalue weighted by atomic mass is 9.99. The van der Waals surface area contributed by atoms with E-state index in [-0.39, 0.29) is 18.0 Å². The van der Waals surface area contributed by atoms with E-state index in [1.807, 2.05) is 25.1 Å². The van der Waals surface area contributed by atoms with Gasteiger partial charge in [0.1, 0.15) is 5.54 Å². The number of nitrogens with one attached hydrogen (secondary N) is 2. The van der Waals surface area contributed by atoms with E-state index in [1.54, 1.807) is 24.8 Å². The van der Waals surface area contributed by atoms with Crippen LogP contribution in [0.5, 0.6) is 0 Å². The van der Waals surface area contributed by atoms with E-state index in [0.29, 0.717) is 18.8 Å². The molecule has 114 valence electrons. The Hall–Kier alpha value is -2.08. The van der Waals surface area contributed by atoms with Crippen molar-refractivity contribution in [3.63, 3.8) is 0 Å². The number of carbonyl (C=O) groups is 2. The molecule has 0 spiro atoms. The van der Waals surface area contributed by atoms with Crippen molar-refractivity contribution in [2.75, 3.05) is 18.4 Å². The van der Waals surface area contributed by atoms with Crippen LogP contribution in [0.15, 0.2) is 24.3 Å². The molecule has 0 radical (unpaired) electrons. The SMILES string of the molecule is CC(N)c1cccc(NC(=O)N2CCNC(=O)C2(C)C)c1. The summed E-state index contributed by atoms with van der Waals surface area (Å²) in [5.74, 6) is -0.145. The number of carbonyl (C=O) groups excluding carboxylic acids is 2. The van der Waals surface area contributed by atoms with E-state index >= 15 is 0 Å². The molecule has 0 aromatic heterocycles. The summed E-state index contributed by atoms with van der Waals surface area (Å²) in [5, 5.41) is 5.60. The van der Waals surface area contributed by atoms with Gasteiger partial charge in [0.25, 0.3) is 0 Å². The maximum atomic E-state index is 12.4. The minimum Gasteiger partial charge on any atom is -0.352 e. The van der Waals surface area contributed by atoms with Gasteiger partial charge in [-0.1, -0.05) is 12.1 Å². The Balaban J connectivity index is 2.14. The Morgan fingerprint density at radius 3 is 2.86 bits per heavy atom. The minimum absolute atomic E-state index is 0.0981. The predicted octanol–water partition coefficient (Wildman–Crippen LogP) is 1.45. The normalized spacial score (nSPS) is 18.9. The molecular formula is C15H22N4O2. The zero-order valence-electron chi connectivity index (χ0n) is 12.6. The average Bonchev–Trinajstić information content (AvgIpc) is 2.42. The van der Waals surface area contributed by atoms with Crippen LogP contribution < -0.4 is 16.4 Å². The fourth-order valence-corrected chi connectivity index (χ4v) is 2.35. The molecule has 1 unspecified atom stereocenters.